The number of amides is 2. The molecule has 1 heterocycles. The monoisotopic (exact) mass is 355 g/mol. The van der Waals surface area contributed by atoms with Crippen LogP contribution in [0.1, 0.15) is 40.5 Å². The lowest BCUT2D eigenvalue weighted by Gasteiger charge is -2.28. The van der Waals surface area contributed by atoms with Gasteiger partial charge in [-0.05, 0) is 39.7 Å². The zero-order chi connectivity index (χ0) is 17.9. The van der Waals surface area contributed by atoms with Gasteiger partial charge in [-0.15, -0.1) is 0 Å². The Labute approximate surface area is 148 Å². The van der Waals surface area contributed by atoms with E-state index in [1.54, 1.807) is 4.90 Å². The highest BCUT2D eigenvalue weighted by Gasteiger charge is 2.31. The van der Waals surface area contributed by atoms with E-state index in [4.69, 9.17) is 16.3 Å². The fraction of sp³-hybridized carbons (Fsp3) is 0.647. The molecule has 1 fully saturated rings. The van der Waals surface area contributed by atoms with Gasteiger partial charge in [-0.25, -0.2) is 4.79 Å². The van der Waals surface area contributed by atoms with E-state index in [1.165, 1.54) is 6.92 Å². The Morgan fingerprint density at radius 2 is 2.08 bits per heavy atom. The van der Waals surface area contributed by atoms with Crippen LogP contribution >= 0.6 is 11.6 Å². The molecule has 0 spiro atoms. The highest BCUT2D eigenvalue weighted by Crippen LogP contribution is 2.23. The molecule has 24 heavy (non-hydrogen) atoms. The van der Waals surface area contributed by atoms with Crippen LogP contribution in [0.2, 0.25) is 0 Å². The van der Waals surface area contributed by atoms with Crippen molar-refractivity contribution in [3.63, 3.8) is 0 Å². The second kappa shape index (κ2) is 7.47. The number of hydrogen-bond donors (Lipinski definition) is 2. The van der Waals surface area contributed by atoms with Gasteiger partial charge in [0.05, 0.1) is 16.8 Å². The molecule has 1 aliphatic carbocycles. The molecule has 0 saturated carbocycles. The molecular formula is C17H26ClN3O3. The summed E-state index contributed by atoms with van der Waals surface area (Å²) in [5, 5.41) is 6.90. The maximum atomic E-state index is 12.1. The third kappa shape index (κ3) is 5.16. The minimum atomic E-state index is -0.501. The number of carbonyl (C=O) groups excluding carboxylic acids is 2. The van der Waals surface area contributed by atoms with Crippen molar-refractivity contribution in [1.29, 1.82) is 0 Å². The minimum absolute atomic E-state index is 0.0871. The van der Waals surface area contributed by atoms with Crippen molar-refractivity contribution in [2.75, 3.05) is 13.1 Å². The molecule has 2 atom stereocenters. The van der Waals surface area contributed by atoms with Gasteiger partial charge >= 0.3 is 6.09 Å². The number of hydrogen-bond acceptors (Lipinski definition) is 4. The van der Waals surface area contributed by atoms with E-state index in [-0.39, 0.29) is 24.1 Å². The molecule has 134 valence electrons. The fourth-order valence-corrected chi connectivity index (χ4v) is 3.09. The van der Waals surface area contributed by atoms with Crippen LogP contribution in [0.5, 0.6) is 0 Å². The number of halogens is 1. The number of nitrogens with one attached hydrogen (secondary N) is 2. The summed E-state index contributed by atoms with van der Waals surface area (Å²) in [7, 11) is 0. The first-order valence-electron chi connectivity index (χ1n) is 8.23. The smallest absolute Gasteiger partial charge is 0.410 e. The molecule has 0 aromatic heterocycles. The first-order chi connectivity index (χ1) is 11.2. The highest BCUT2D eigenvalue weighted by atomic mass is 35.5. The molecule has 2 N–H and O–H groups in total. The van der Waals surface area contributed by atoms with Crippen molar-refractivity contribution in [2.24, 2.45) is 0 Å². The van der Waals surface area contributed by atoms with Crippen LogP contribution < -0.4 is 10.6 Å². The fourth-order valence-electron chi connectivity index (χ4n) is 2.82. The maximum Gasteiger partial charge on any atom is 0.410 e. The quantitative estimate of drug-likeness (QED) is 0.816. The van der Waals surface area contributed by atoms with E-state index in [0.717, 1.165) is 12.1 Å². The lowest BCUT2D eigenvalue weighted by Crippen LogP contribution is -2.44. The Morgan fingerprint density at radius 1 is 1.38 bits per heavy atom. The van der Waals surface area contributed by atoms with Gasteiger partial charge in [0.15, 0.2) is 0 Å². The number of allylic oxidation sites excluding steroid dienone is 2. The van der Waals surface area contributed by atoms with Crippen LogP contribution in [-0.2, 0) is 9.53 Å². The lowest BCUT2D eigenvalue weighted by atomic mass is 10.0. The molecule has 2 rings (SSSR count). The minimum Gasteiger partial charge on any atom is -0.444 e. The first-order valence-corrected chi connectivity index (χ1v) is 8.61. The Hall–Kier alpha value is -1.69. The summed E-state index contributed by atoms with van der Waals surface area (Å²) < 4.78 is 5.41. The summed E-state index contributed by atoms with van der Waals surface area (Å²) in [6.45, 7) is 8.25. The second-order valence-electron chi connectivity index (χ2n) is 7.21. The van der Waals surface area contributed by atoms with Gasteiger partial charge < -0.3 is 20.3 Å². The molecule has 1 unspecified atom stereocenters. The zero-order valence-electron chi connectivity index (χ0n) is 14.7. The molecule has 7 heteroatoms. The number of nitrogens with zero attached hydrogens (tertiary/aromatic N) is 1. The summed E-state index contributed by atoms with van der Waals surface area (Å²) >= 11 is 6.30. The lowest BCUT2D eigenvalue weighted by molar-refractivity contribution is -0.119. The molecule has 2 aliphatic rings. The van der Waals surface area contributed by atoms with Gasteiger partial charge in [0.2, 0.25) is 5.91 Å². The van der Waals surface area contributed by atoms with Gasteiger partial charge in [0, 0.05) is 26.1 Å². The van der Waals surface area contributed by atoms with Crippen molar-refractivity contribution in [3.05, 3.63) is 22.9 Å². The molecule has 1 aliphatic heterocycles. The average Bonchev–Trinajstić information content (AvgIpc) is 2.89. The zero-order valence-corrected chi connectivity index (χ0v) is 15.4. The normalized spacial score (nSPS) is 24.1. The Kier molecular flexibility index (Phi) is 5.80. The van der Waals surface area contributed by atoms with Crippen LogP contribution in [0.25, 0.3) is 0 Å². The molecular weight excluding hydrogens is 330 g/mol. The van der Waals surface area contributed by atoms with Gasteiger partial charge in [0.25, 0.3) is 0 Å². The van der Waals surface area contributed by atoms with Crippen LogP contribution in [0, 0.1) is 0 Å². The van der Waals surface area contributed by atoms with Gasteiger partial charge in [-0.3, -0.25) is 4.79 Å². The Bertz CT molecular complexity index is 566. The summed E-state index contributed by atoms with van der Waals surface area (Å²) in [6.07, 6.45) is 4.98. The van der Waals surface area contributed by atoms with Gasteiger partial charge in [-0.1, -0.05) is 17.7 Å². The molecule has 0 bridgehead atoms. The van der Waals surface area contributed by atoms with Crippen LogP contribution in [0.15, 0.2) is 22.9 Å². The summed E-state index contributed by atoms with van der Waals surface area (Å²) in [5.41, 5.74) is 0.310. The molecule has 0 aromatic rings. The standard InChI is InChI=1S/C17H26ClN3O3/c1-11(22)19-14-7-5-6-13(18)15(14)20-12-8-9-21(10-12)16(23)24-17(2,3)4/h5-6,12,14,20H,7-10H2,1-4H3,(H,19,22)/t12-,14?/m1/s1. The second-order valence-corrected chi connectivity index (χ2v) is 7.62. The van der Waals surface area contributed by atoms with E-state index < -0.39 is 5.60 Å². The van der Waals surface area contributed by atoms with Crippen molar-refractivity contribution < 1.29 is 14.3 Å². The third-order valence-corrected chi connectivity index (χ3v) is 4.15. The van der Waals surface area contributed by atoms with Gasteiger partial charge in [0.1, 0.15) is 5.60 Å². The Balaban J connectivity index is 1.97. The Morgan fingerprint density at radius 3 is 2.71 bits per heavy atom. The first kappa shape index (κ1) is 18.6. The summed E-state index contributed by atoms with van der Waals surface area (Å²) in [4.78, 5) is 25.2. The molecule has 1 saturated heterocycles. The predicted octanol–water partition coefficient (Wildman–Crippen LogP) is 2.50. The predicted molar refractivity (Wildman–Crippen MR) is 93.6 cm³/mol. The SMILES string of the molecule is CC(=O)NC1CC=CC(Cl)=C1N[C@@H]1CCN(C(=O)OC(C)(C)C)C1. The van der Waals surface area contributed by atoms with Gasteiger partial charge in [-0.2, -0.15) is 0 Å². The topological polar surface area (TPSA) is 70.7 Å². The maximum absolute atomic E-state index is 12.1. The number of likely N-dealkylation sites (tertiary alicyclic amines) is 1. The van der Waals surface area contributed by atoms with E-state index in [2.05, 4.69) is 10.6 Å². The molecule has 0 aromatic carbocycles. The molecule has 6 nitrogen and oxygen atoms in total. The van der Waals surface area contributed by atoms with Crippen molar-refractivity contribution in [3.8, 4) is 0 Å². The van der Waals surface area contributed by atoms with Crippen molar-refractivity contribution in [1.82, 2.24) is 15.5 Å². The summed E-state index contributed by atoms with van der Waals surface area (Å²) in [6, 6.07) is -0.0698. The third-order valence-electron chi connectivity index (χ3n) is 3.82. The average molecular weight is 356 g/mol. The van der Waals surface area contributed by atoms with Crippen LogP contribution in [-0.4, -0.2) is 47.7 Å². The largest absolute Gasteiger partial charge is 0.444 e. The van der Waals surface area contributed by atoms with Crippen LogP contribution in [0.3, 0.4) is 0 Å². The van der Waals surface area contributed by atoms with E-state index in [9.17, 15) is 9.59 Å². The van der Waals surface area contributed by atoms with Crippen LogP contribution in [0.4, 0.5) is 4.79 Å². The van der Waals surface area contributed by atoms with Crippen molar-refractivity contribution in [2.45, 2.75) is 58.2 Å². The number of ether oxygens (including phenoxy) is 1. The molecule has 0 radical (unpaired) electrons. The number of rotatable bonds is 3. The number of carbonyl (C=O) groups is 2. The molecule has 2 amide bonds. The summed E-state index contributed by atoms with van der Waals surface area (Å²) in [5.74, 6) is -0.0964. The van der Waals surface area contributed by atoms with E-state index in [0.29, 0.717) is 24.5 Å². The van der Waals surface area contributed by atoms with E-state index in [1.807, 2.05) is 32.9 Å². The van der Waals surface area contributed by atoms with Crippen molar-refractivity contribution >= 4 is 23.6 Å². The van der Waals surface area contributed by atoms with E-state index >= 15 is 0 Å². The highest BCUT2D eigenvalue weighted by molar-refractivity contribution is 6.31.